The highest BCUT2D eigenvalue weighted by Gasteiger charge is 2.52. The van der Waals surface area contributed by atoms with Crippen molar-refractivity contribution >= 4 is 22.7 Å². The second-order valence-electron chi connectivity index (χ2n) is 7.77. The molecule has 1 spiro atoms. The highest BCUT2D eigenvalue weighted by atomic mass is 32.2. The van der Waals surface area contributed by atoms with Crippen LogP contribution in [-0.4, -0.2) is 27.2 Å². The van der Waals surface area contributed by atoms with Crippen molar-refractivity contribution in [3.05, 3.63) is 70.8 Å². The fraction of sp³-hybridized carbons (Fsp3) is 0.364. The van der Waals surface area contributed by atoms with Crippen molar-refractivity contribution in [3.8, 4) is 0 Å². The normalized spacial score (nSPS) is 22.0. The van der Waals surface area contributed by atoms with Crippen molar-refractivity contribution in [1.29, 1.82) is 0 Å². The third-order valence-corrected chi connectivity index (χ3v) is 6.88. The summed E-state index contributed by atoms with van der Waals surface area (Å²) >= 11 is 1.26. The minimum Gasteiger partial charge on any atom is -0.383 e. The van der Waals surface area contributed by atoms with Crippen LogP contribution in [0.3, 0.4) is 0 Å². The Morgan fingerprint density at radius 2 is 2.00 bits per heavy atom. The van der Waals surface area contributed by atoms with Gasteiger partial charge in [-0.15, -0.1) is 0 Å². The van der Waals surface area contributed by atoms with E-state index in [0.717, 1.165) is 42.2 Å². The van der Waals surface area contributed by atoms with Crippen LogP contribution in [0.5, 0.6) is 0 Å². The molecule has 152 valence electrons. The number of carbonyl (C=O) groups excluding carboxylic acids is 1. The van der Waals surface area contributed by atoms with Crippen LogP contribution in [0.1, 0.15) is 43.4 Å². The molecule has 29 heavy (non-hydrogen) atoms. The average molecular weight is 416 g/mol. The van der Waals surface area contributed by atoms with Crippen LogP contribution in [0.4, 0.5) is 8.78 Å². The molecule has 2 aromatic carbocycles. The molecule has 1 aliphatic heterocycles. The Morgan fingerprint density at radius 1 is 1.24 bits per heavy atom. The van der Waals surface area contributed by atoms with Crippen molar-refractivity contribution in [2.75, 3.05) is 0 Å². The van der Waals surface area contributed by atoms with Gasteiger partial charge in [-0.2, -0.15) is 5.10 Å². The lowest BCUT2D eigenvalue weighted by Crippen LogP contribution is -2.48. The van der Waals surface area contributed by atoms with E-state index in [-0.39, 0.29) is 16.5 Å². The monoisotopic (exact) mass is 416 g/mol. The predicted molar refractivity (Wildman–Crippen MR) is 109 cm³/mol. The molecule has 2 aromatic rings. The van der Waals surface area contributed by atoms with Gasteiger partial charge in [0.25, 0.3) is 5.91 Å². The maximum Gasteiger partial charge on any atom is 0.273 e. The van der Waals surface area contributed by atoms with E-state index in [0.29, 0.717) is 6.42 Å². The molecule has 0 fully saturated rings. The lowest BCUT2D eigenvalue weighted by Gasteiger charge is -2.40. The smallest absolute Gasteiger partial charge is 0.273 e. The molecule has 0 saturated heterocycles. The molecule has 2 atom stereocenters. The van der Waals surface area contributed by atoms with E-state index in [2.05, 4.69) is 5.10 Å². The topological polar surface area (TPSA) is 52.9 Å². The number of fused-ring (bicyclic) bond motifs is 2. The number of aliphatic hydroxyl groups is 1. The summed E-state index contributed by atoms with van der Waals surface area (Å²) in [6, 6.07) is 11.0. The molecule has 2 aliphatic rings. The van der Waals surface area contributed by atoms with E-state index in [9.17, 15) is 18.7 Å². The van der Waals surface area contributed by atoms with Gasteiger partial charge in [-0.3, -0.25) is 4.79 Å². The van der Waals surface area contributed by atoms with Gasteiger partial charge in [0, 0.05) is 5.56 Å². The summed E-state index contributed by atoms with van der Waals surface area (Å²) in [4.78, 5) is 12.3. The average Bonchev–Trinajstić information content (AvgIpc) is 3.08. The maximum atomic E-state index is 14.5. The number of hydrogen-bond acceptors (Lipinski definition) is 4. The molecule has 1 amide bonds. The summed E-state index contributed by atoms with van der Waals surface area (Å²) in [5, 5.41) is 16.4. The molecule has 7 heteroatoms. The SMILES string of the molecule is CC(C)[C@H](O)C(=O)N1N=C(c2cc(F)ccc2F)SC12CCCc1ccccc12. The Morgan fingerprint density at radius 3 is 2.76 bits per heavy atom. The summed E-state index contributed by atoms with van der Waals surface area (Å²) in [5.74, 6) is -2.00. The minimum absolute atomic E-state index is 0.0202. The number of nitrogens with zero attached hydrogens (tertiary/aromatic N) is 2. The summed E-state index contributed by atoms with van der Waals surface area (Å²) in [7, 11) is 0. The van der Waals surface area contributed by atoms with Gasteiger partial charge < -0.3 is 5.11 Å². The highest BCUT2D eigenvalue weighted by molar-refractivity contribution is 8.15. The molecule has 0 bridgehead atoms. The molecule has 1 N–H and O–H groups in total. The number of hydrazone groups is 1. The van der Waals surface area contributed by atoms with E-state index >= 15 is 0 Å². The number of benzene rings is 2. The van der Waals surface area contributed by atoms with Crippen molar-refractivity contribution < 1.29 is 18.7 Å². The Labute approximate surface area is 172 Å². The van der Waals surface area contributed by atoms with Crippen LogP contribution in [0.25, 0.3) is 0 Å². The number of carbonyl (C=O) groups is 1. The zero-order valence-electron chi connectivity index (χ0n) is 16.2. The zero-order valence-corrected chi connectivity index (χ0v) is 17.0. The number of rotatable bonds is 3. The quantitative estimate of drug-likeness (QED) is 0.807. The Bertz CT molecular complexity index is 995. The van der Waals surface area contributed by atoms with Crippen molar-refractivity contribution in [2.24, 2.45) is 11.0 Å². The summed E-state index contributed by atoms with van der Waals surface area (Å²) in [6.07, 6.45) is 1.06. The van der Waals surface area contributed by atoms with Crippen molar-refractivity contribution in [1.82, 2.24) is 5.01 Å². The van der Waals surface area contributed by atoms with Gasteiger partial charge in [0.1, 0.15) is 27.7 Å². The number of amides is 1. The summed E-state index contributed by atoms with van der Waals surface area (Å²) < 4.78 is 28.3. The van der Waals surface area contributed by atoms with Gasteiger partial charge >= 0.3 is 0 Å². The predicted octanol–water partition coefficient (Wildman–Crippen LogP) is 4.41. The van der Waals surface area contributed by atoms with Gasteiger partial charge in [-0.05, 0) is 54.5 Å². The highest BCUT2D eigenvalue weighted by Crippen LogP contribution is 2.54. The van der Waals surface area contributed by atoms with Gasteiger partial charge in [0.05, 0.1) is 0 Å². The number of aliphatic hydroxyl groups excluding tert-OH is 1. The molecule has 4 rings (SSSR count). The first-order chi connectivity index (χ1) is 13.8. The fourth-order valence-electron chi connectivity index (χ4n) is 3.90. The zero-order chi connectivity index (χ0) is 20.8. The number of thioether (sulfide) groups is 1. The molecule has 1 unspecified atom stereocenters. The van der Waals surface area contributed by atoms with Crippen LogP contribution in [0, 0.1) is 17.6 Å². The second-order valence-corrected chi connectivity index (χ2v) is 9.03. The van der Waals surface area contributed by atoms with E-state index in [4.69, 9.17) is 0 Å². The Kier molecular flexibility index (Phi) is 5.21. The fourth-order valence-corrected chi connectivity index (χ4v) is 5.38. The first-order valence-electron chi connectivity index (χ1n) is 9.67. The molecule has 1 aliphatic carbocycles. The van der Waals surface area contributed by atoms with Crippen LogP contribution in [0.15, 0.2) is 47.6 Å². The number of hydrogen-bond donors (Lipinski definition) is 1. The molecule has 0 radical (unpaired) electrons. The number of halogens is 2. The lowest BCUT2D eigenvalue weighted by atomic mass is 9.86. The minimum atomic E-state index is -1.23. The molecular formula is C22H22F2N2O2S. The molecule has 0 saturated carbocycles. The van der Waals surface area contributed by atoms with E-state index < -0.39 is 28.5 Å². The maximum absolute atomic E-state index is 14.5. The van der Waals surface area contributed by atoms with Gasteiger partial charge in [0.15, 0.2) is 0 Å². The standard InChI is InChI=1S/C22H22F2N2O2S/c1-13(2)19(27)21(28)26-22(11-5-7-14-6-3-4-8-17(14)22)29-20(25-26)16-12-15(23)9-10-18(16)24/h3-4,6,8-10,12-13,19,27H,5,7,11H2,1-2H3/t19-,22?/m0/s1. The van der Waals surface area contributed by atoms with E-state index in [1.807, 2.05) is 24.3 Å². The largest absolute Gasteiger partial charge is 0.383 e. The third-order valence-electron chi connectivity index (χ3n) is 5.45. The van der Waals surface area contributed by atoms with Gasteiger partial charge in [-0.25, -0.2) is 13.8 Å². The van der Waals surface area contributed by atoms with Crippen molar-refractivity contribution in [2.45, 2.75) is 44.1 Å². The van der Waals surface area contributed by atoms with Crippen LogP contribution < -0.4 is 0 Å². The Balaban J connectivity index is 1.86. The van der Waals surface area contributed by atoms with E-state index in [1.165, 1.54) is 16.8 Å². The Hall–Kier alpha value is -2.25. The van der Waals surface area contributed by atoms with Gasteiger partial charge in [0.2, 0.25) is 0 Å². The summed E-state index contributed by atoms with van der Waals surface area (Å²) in [5.41, 5.74) is 2.04. The van der Waals surface area contributed by atoms with Crippen LogP contribution in [-0.2, 0) is 16.1 Å². The van der Waals surface area contributed by atoms with Crippen LogP contribution >= 0.6 is 11.8 Å². The first-order valence-corrected chi connectivity index (χ1v) is 10.5. The molecular weight excluding hydrogens is 394 g/mol. The second kappa shape index (κ2) is 7.54. The summed E-state index contributed by atoms with van der Waals surface area (Å²) in [6.45, 7) is 3.51. The number of aryl methyl sites for hydroxylation is 1. The molecule has 0 aromatic heterocycles. The van der Waals surface area contributed by atoms with Crippen molar-refractivity contribution in [3.63, 3.8) is 0 Å². The molecule has 4 nitrogen and oxygen atoms in total. The van der Waals surface area contributed by atoms with Gasteiger partial charge in [-0.1, -0.05) is 49.9 Å². The molecule has 1 heterocycles. The lowest BCUT2D eigenvalue weighted by molar-refractivity contribution is -0.146. The third kappa shape index (κ3) is 3.36. The van der Waals surface area contributed by atoms with E-state index in [1.54, 1.807) is 13.8 Å². The first kappa shape index (κ1) is 20.0. The van der Waals surface area contributed by atoms with Crippen LogP contribution in [0.2, 0.25) is 0 Å².